The molecule has 52 valence electrons. The molecule has 0 radical (unpaired) electrons. The van der Waals surface area contributed by atoms with Gasteiger partial charge in [0.1, 0.15) is 0 Å². The Bertz CT molecular complexity index is 298. The van der Waals surface area contributed by atoms with Gasteiger partial charge in [-0.25, -0.2) is 0 Å². The molecule has 1 rings (SSSR count). The molecule has 11 heavy (non-hydrogen) atoms. The quantitative estimate of drug-likeness (QED) is 0.344. The minimum atomic E-state index is -0.324. The van der Waals surface area contributed by atoms with E-state index >= 15 is 0 Å². The van der Waals surface area contributed by atoms with Crippen molar-refractivity contribution >= 4 is 36.4 Å². The molecule has 0 fully saturated rings. The van der Waals surface area contributed by atoms with Crippen molar-refractivity contribution in [1.82, 2.24) is 0 Å². The molecule has 0 bridgehead atoms. The Labute approximate surface area is 82.0 Å². The third-order valence-electron chi connectivity index (χ3n) is 1.56. The van der Waals surface area contributed by atoms with E-state index in [1.54, 1.807) is 6.07 Å². The maximum atomic E-state index is 10.4. The van der Waals surface area contributed by atoms with Gasteiger partial charge in [-0.05, 0) is 0 Å². The molecule has 0 amide bonds. The molecule has 0 atom stereocenters. The third kappa shape index (κ3) is 2.02. The van der Waals surface area contributed by atoms with Crippen molar-refractivity contribution in [3.05, 3.63) is 33.9 Å². The van der Waals surface area contributed by atoms with Crippen LogP contribution in [0.5, 0.6) is 0 Å². The second-order valence-corrected chi connectivity index (χ2v) is 3.62. The standard InChI is InChI=1S/C7H6NO2.Na/c1-6-3-2-4-7(5-6)8(9)10;/h2-3,5H,1H3;. The first-order chi connectivity index (χ1) is 5.11. The molecule has 4 heteroatoms. The van der Waals surface area contributed by atoms with Crippen LogP contribution in [0.4, 0.5) is 5.69 Å². The second kappa shape index (κ2) is 3.34. The monoisotopic (exact) mass is 159 g/mol. The van der Waals surface area contributed by atoms with Gasteiger partial charge in [-0.2, -0.15) is 0 Å². The van der Waals surface area contributed by atoms with Gasteiger partial charge in [-0.1, -0.05) is 0 Å². The van der Waals surface area contributed by atoms with Crippen LogP contribution in [0.15, 0.2) is 18.2 Å². The Morgan fingerprint density at radius 3 is 2.64 bits per heavy atom. The van der Waals surface area contributed by atoms with Crippen LogP contribution in [0.1, 0.15) is 5.56 Å². The molecule has 1 aromatic carbocycles. The van der Waals surface area contributed by atoms with E-state index in [4.69, 9.17) is 0 Å². The van der Waals surface area contributed by atoms with Crippen LogP contribution in [0, 0.1) is 17.0 Å². The zero-order valence-electron chi connectivity index (χ0n) is 6.50. The van der Waals surface area contributed by atoms with E-state index < -0.39 is 0 Å². The van der Waals surface area contributed by atoms with E-state index in [0.29, 0.717) is 0 Å². The summed E-state index contributed by atoms with van der Waals surface area (Å²) in [5, 5.41) is 10.4. The molecular formula is C7H6NNaO2. The first-order valence-corrected chi connectivity index (χ1v) is 4.33. The molecule has 0 saturated heterocycles. The molecule has 0 aromatic heterocycles. The molecule has 0 spiro atoms. The Hall–Kier alpha value is -0.380. The van der Waals surface area contributed by atoms with Gasteiger partial charge in [0, 0.05) is 0 Å². The number of benzene rings is 1. The second-order valence-electron chi connectivity index (χ2n) is 2.55. The average molecular weight is 159 g/mol. The van der Waals surface area contributed by atoms with Gasteiger partial charge >= 0.3 is 82.2 Å². The topological polar surface area (TPSA) is 43.1 Å². The third-order valence-corrected chi connectivity index (χ3v) is 2.41. The Balaban J connectivity index is 3.23. The molecule has 0 aliphatic heterocycles. The average Bonchev–Trinajstić information content (AvgIpc) is 1.94. The summed E-state index contributed by atoms with van der Waals surface area (Å²) in [4.78, 5) is 10.1. The van der Waals surface area contributed by atoms with Gasteiger partial charge in [0.05, 0.1) is 0 Å². The maximum absolute atomic E-state index is 10.4. The fourth-order valence-electron chi connectivity index (χ4n) is 0.916. The number of nitrogens with zero attached hydrogens (tertiary/aromatic N) is 1. The van der Waals surface area contributed by atoms with Crippen molar-refractivity contribution in [3.63, 3.8) is 0 Å². The number of hydrogen-bond acceptors (Lipinski definition) is 2. The van der Waals surface area contributed by atoms with Crippen LogP contribution in [0.2, 0.25) is 0 Å². The normalized spacial score (nSPS) is 9.73. The summed E-state index contributed by atoms with van der Waals surface area (Å²) in [6.45, 7) is 1.86. The molecule has 3 nitrogen and oxygen atoms in total. The van der Waals surface area contributed by atoms with Crippen molar-refractivity contribution in [2.45, 2.75) is 6.92 Å². The van der Waals surface area contributed by atoms with E-state index in [0.717, 1.165) is 36.3 Å². The number of rotatable bonds is 1. The number of aryl methyl sites for hydroxylation is 1. The van der Waals surface area contributed by atoms with E-state index in [2.05, 4.69) is 0 Å². The molecule has 0 aliphatic carbocycles. The fourth-order valence-corrected chi connectivity index (χ4v) is 1.41. The summed E-state index contributed by atoms with van der Waals surface area (Å²) in [7, 11) is 0. The van der Waals surface area contributed by atoms with E-state index in [-0.39, 0.29) is 10.6 Å². The van der Waals surface area contributed by atoms with Gasteiger partial charge in [-0.15, -0.1) is 0 Å². The Morgan fingerprint density at radius 1 is 1.55 bits per heavy atom. The Kier molecular flexibility index (Phi) is 2.65. The zero-order chi connectivity index (χ0) is 8.43. The van der Waals surface area contributed by atoms with Crippen molar-refractivity contribution < 1.29 is 4.92 Å². The van der Waals surface area contributed by atoms with Crippen LogP contribution < -0.4 is 2.81 Å². The van der Waals surface area contributed by atoms with Crippen LogP contribution in [0.3, 0.4) is 0 Å². The summed E-state index contributed by atoms with van der Waals surface area (Å²) in [6, 6.07) is 5.33. The molecule has 0 unspecified atom stereocenters. The minimum absolute atomic E-state index is 0.261. The number of nitro groups is 1. The summed E-state index contributed by atoms with van der Waals surface area (Å²) < 4.78 is 0.848. The van der Waals surface area contributed by atoms with Crippen molar-refractivity contribution in [2.24, 2.45) is 0 Å². The molecular weight excluding hydrogens is 153 g/mol. The Morgan fingerprint density at radius 2 is 2.18 bits per heavy atom. The van der Waals surface area contributed by atoms with Crippen LogP contribution in [-0.4, -0.2) is 32.9 Å². The van der Waals surface area contributed by atoms with Crippen LogP contribution in [0.25, 0.3) is 0 Å². The number of nitro benzene ring substituents is 1. The van der Waals surface area contributed by atoms with E-state index in [9.17, 15) is 10.1 Å². The summed E-state index contributed by atoms with van der Waals surface area (Å²) in [5.74, 6) is 0. The van der Waals surface area contributed by atoms with Gasteiger partial charge < -0.3 is 0 Å². The van der Waals surface area contributed by atoms with Crippen LogP contribution >= 0.6 is 0 Å². The molecule has 0 N–H and O–H groups in total. The number of hydrogen-bond donors (Lipinski definition) is 0. The molecule has 0 saturated carbocycles. The zero-order valence-corrected chi connectivity index (χ0v) is 8.50. The predicted octanol–water partition coefficient (Wildman–Crippen LogP) is 0.697. The summed E-state index contributed by atoms with van der Waals surface area (Å²) >= 11 is 0.730. The van der Waals surface area contributed by atoms with Crippen molar-refractivity contribution in [3.8, 4) is 0 Å². The molecule has 0 heterocycles. The first-order valence-electron chi connectivity index (χ1n) is 3.33. The van der Waals surface area contributed by atoms with E-state index in [1.165, 1.54) is 0 Å². The first kappa shape index (κ1) is 8.71. The summed E-state index contributed by atoms with van der Waals surface area (Å²) in [5.41, 5.74) is 1.20. The van der Waals surface area contributed by atoms with Gasteiger partial charge in [0.25, 0.3) is 0 Å². The van der Waals surface area contributed by atoms with E-state index in [1.807, 2.05) is 19.1 Å². The van der Waals surface area contributed by atoms with Crippen LogP contribution in [-0.2, 0) is 0 Å². The predicted molar refractivity (Wildman–Crippen MR) is 43.2 cm³/mol. The summed E-state index contributed by atoms with van der Waals surface area (Å²) in [6.07, 6.45) is 0. The van der Waals surface area contributed by atoms with Crippen molar-refractivity contribution in [1.29, 1.82) is 0 Å². The SMILES string of the molecule is Cc1cc[c]([Na])c([N+](=O)[O-])c1. The van der Waals surface area contributed by atoms with Crippen molar-refractivity contribution in [2.75, 3.05) is 0 Å². The molecule has 1 aromatic rings. The van der Waals surface area contributed by atoms with Gasteiger partial charge in [-0.3, -0.25) is 0 Å². The van der Waals surface area contributed by atoms with Gasteiger partial charge in [0.2, 0.25) is 0 Å². The molecule has 0 aliphatic rings. The van der Waals surface area contributed by atoms with Gasteiger partial charge in [0.15, 0.2) is 0 Å². The fraction of sp³-hybridized carbons (Fsp3) is 0.143.